The molecular formula is C11H11Br2Cl2NO. The van der Waals surface area contributed by atoms with Crippen molar-refractivity contribution in [1.29, 1.82) is 0 Å². The normalized spacial score (nSPS) is 11.4. The topological polar surface area (TPSA) is 29.1 Å². The molecule has 2 nitrogen and oxygen atoms in total. The zero-order chi connectivity index (χ0) is 13.1. The SMILES string of the molecule is CC(CBr)(CBr)NC(=O)c1cccc(Cl)c1Cl. The van der Waals surface area contributed by atoms with Crippen molar-refractivity contribution < 1.29 is 4.79 Å². The number of hydrogen-bond acceptors (Lipinski definition) is 1. The Labute approximate surface area is 127 Å². The molecule has 0 aliphatic rings. The highest BCUT2D eigenvalue weighted by Crippen LogP contribution is 2.26. The lowest BCUT2D eigenvalue weighted by Gasteiger charge is -2.26. The van der Waals surface area contributed by atoms with Gasteiger partial charge in [-0.15, -0.1) is 0 Å². The predicted molar refractivity (Wildman–Crippen MR) is 79.9 cm³/mol. The first-order valence-electron chi connectivity index (χ1n) is 4.82. The molecule has 0 spiro atoms. The van der Waals surface area contributed by atoms with Crippen LogP contribution < -0.4 is 5.32 Å². The van der Waals surface area contributed by atoms with Gasteiger partial charge in [0.2, 0.25) is 0 Å². The van der Waals surface area contributed by atoms with Crippen molar-refractivity contribution in [3.05, 3.63) is 33.8 Å². The number of benzene rings is 1. The van der Waals surface area contributed by atoms with E-state index in [1.165, 1.54) is 0 Å². The van der Waals surface area contributed by atoms with Gasteiger partial charge in [0.05, 0.1) is 21.1 Å². The van der Waals surface area contributed by atoms with Crippen molar-refractivity contribution in [1.82, 2.24) is 5.32 Å². The van der Waals surface area contributed by atoms with Crippen LogP contribution in [0.2, 0.25) is 10.0 Å². The van der Waals surface area contributed by atoms with Gasteiger partial charge in [0, 0.05) is 10.7 Å². The lowest BCUT2D eigenvalue weighted by Crippen LogP contribution is -2.49. The Morgan fingerprint density at radius 2 is 1.94 bits per heavy atom. The Balaban J connectivity index is 2.94. The third-order valence-corrected chi connectivity index (χ3v) is 5.50. The van der Waals surface area contributed by atoms with Gasteiger partial charge in [-0.05, 0) is 19.1 Å². The summed E-state index contributed by atoms with van der Waals surface area (Å²) in [4.78, 5) is 12.1. The fourth-order valence-corrected chi connectivity index (χ4v) is 2.72. The molecule has 0 saturated carbocycles. The number of nitrogens with one attached hydrogen (secondary N) is 1. The number of amides is 1. The summed E-state index contributed by atoms with van der Waals surface area (Å²) in [6.07, 6.45) is 0. The van der Waals surface area contributed by atoms with Crippen molar-refractivity contribution >= 4 is 61.0 Å². The molecule has 0 aliphatic carbocycles. The van der Waals surface area contributed by atoms with Gasteiger partial charge in [0.25, 0.3) is 5.91 Å². The lowest BCUT2D eigenvalue weighted by atomic mass is 10.1. The average Bonchev–Trinajstić information content (AvgIpc) is 2.32. The quantitative estimate of drug-likeness (QED) is 0.747. The second-order valence-electron chi connectivity index (χ2n) is 3.88. The van der Waals surface area contributed by atoms with Crippen LogP contribution in [-0.4, -0.2) is 22.1 Å². The van der Waals surface area contributed by atoms with E-state index < -0.39 is 0 Å². The zero-order valence-corrected chi connectivity index (χ0v) is 13.8. The number of hydrogen-bond donors (Lipinski definition) is 1. The Hall–Kier alpha value is 0.230. The monoisotopic (exact) mass is 401 g/mol. The van der Waals surface area contributed by atoms with E-state index in [4.69, 9.17) is 23.2 Å². The Bertz CT molecular complexity index is 422. The largest absolute Gasteiger partial charge is 0.345 e. The van der Waals surface area contributed by atoms with Crippen LogP contribution in [0.3, 0.4) is 0 Å². The van der Waals surface area contributed by atoms with Crippen molar-refractivity contribution in [2.75, 3.05) is 10.7 Å². The third kappa shape index (κ3) is 3.85. The Morgan fingerprint density at radius 3 is 2.47 bits per heavy atom. The number of carbonyl (C=O) groups excluding carboxylic acids is 1. The number of halogens is 4. The average molecular weight is 404 g/mol. The molecule has 1 amide bonds. The molecule has 1 aromatic carbocycles. The van der Waals surface area contributed by atoms with Crippen LogP contribution in [0.25, 0.3) is 0 Å². The maximum Gasteiger partial charge on any atom is 0.253 e. The molecule has 17 heavy (non-hydrogen) atoms. The second kappa shape index (κ2) is 6.41. The van der Waals surface area contributed by atoms with E-state index in [1.54, 1.807) is 18.2 Å². The van der Waals surface area contributed by atoms with Crippen LogP contribution in [-0.2, 0) is 0 Å². The summed E-state index contributed by atoms with van der Waals surface area (Å²) in [5, 5.41) is 4.82. The van der Waals surface area contributed by atoms with E-state index >= 15 is 0 Å². The van der Waals surface area contributed by atoms with Gasteiger partial charge in [-0.3, -0.25) is 4.79 Å². The van der Waals surface area contributed by atoms with Gasteiger partial charge in [0.15, 0.2) is 0 Å². The van der Waals surface area contributed by atoms with Crippen LogP contribution in [0, 0.1) is 0 Å². The van der Waals surface area contributed by atoms with Crippen LogP contribution in [0.5, 0.6) is 0 Å². The standard InChI is InChI=1S/C11H11Br2Cl2NO/c1-11(5-12,6-13)16-10(17)7-3-2-4-8(14)9(7)15/h2-4H,5-6H2,1H3,(H,16,17). The fraction of sp³-hybridized carbons (Fsp3) is 0.364. The summed E-state index contributed by atoms with van der Waals surface area (Å²) in [5.41, 5.74) is 0.00946. The molecule has 0 unspecified atom stereocenters. The highest BCUT2D eigenvalue weighted by molar-refractivity contribution is 9.09. The summed E-state index contributed by atoms with van der Waals surface area (Å²) in [5.74, 6) is -0.237. The molecule has 0 atom stereocenters. The first-order valence-corrected chi connectivity index (χ1v) is 7.82. The summed E-state index contributed by atoms with van der Waals surface area (Å²) in [6.45, 7) is 1.92. The third-order valence-electron chi connectivity index (χ3n) is 2.20. The molecule has 0 aromatic heterocycles. The minimum Gasteiger partial charge on any atom is -0.345 e. The molecule has 6 heteroatoms. The minimum absolute atomic E-state index is 0.237. The van der Waals surface area contributed by atoms with Crippen LogP contribution in [0.15, 0.2) is 18.2 Å². The van der Waals surface area contributed by atoms with Gasteiger partial charge in [-0.25, -0.2) is 0 Å². The van der Waals surface area contributed by atoms with E-state index in [2.05, 4.69) is 37.2 Å². The molecule has 0 fully saturated rings. The van der Waals surface area contributed by atoms with Crippen molar-refractivity contribution in [2.24, 2.45) is 0 Å². The molecule has 0 aliphatic heterocycles. The van der Waals surface area contributed by atoms with Gasteiger partial charge in [-0.2, -0.15) is 0 Å². The summed E-state index contributed by atoms with van der Waals surface area (Å²) in [7, 11) is 0. The Morgan fingerprint density at radius 1 is 1.35 bits per heavy atom. The lowest BCUT2D eigenvalue weighted by molar-refractivity contribution is 0.0923. The number of alkyl halides is 2. The first-order chi connectivity index (χ1) is 7.93. The van der Waals surface area contributed by atoms with E-state index in [0.717, 1.165) is 0 Å². The zero-order valence-electron chi connectivity index (χ0n) is 9.07. The van der Waals surface area contributed by atoms with Crippen LogP contribution in [0.4, 0.5) is 0 Å². The highest BCUT2D eigenvalue weighted by Gasteiger charge is 2.25. The molecule has 1 rings (SSSR count). The molecule has 0 saturated heterocycles. The van der Waals surface area contributed by atoms with E-state index in [-0.39, 0.29) is 16.5 Å². The molecule has 0 heterocycles. The van der Waals surface area contributed by atoms with E-state index in [9.17, 15) is 4.79 Å². The van der Waals surface area contributed by atoms with Crippen molar-refractivity contribution in [3.63, 3.8) is 0 Å². The molecule has 1 N–H and O–H groups in total. The highest BCUT2D eigenvalue weighted by atomic mass is 79.9. The molecule has 94 valence electrons. The predicted octanol–water partition coefficient (Wildman–Crippen LogP) is 4.27. The van der Waals surface area contributed by atoms with Gasteiger partial charge in [-0.1, -0.05) is 61.1 Å². The maximum atomic E-state index is 12.1. The van der Waals surface area contributed by atoms with E-state index in [1.807, 2.05) is 6.92 Å². The minimum atomic E-state index is -0.372. The maximum absolute atomic E-state index is 12.1. The first kappa shape index (κ1) is 15.3. The van der Waals surface area contributed by atoms with Crippen molar-refractivity contribution in [2.45, 2.75) is 12.5 Å². The molecular weight excluding hydrogens is 393 g/mol. The van der Waals surface area contributed by atoms with Gasteiger partial charge < -0.3 is 5.32 Å². The molecule has 0 bridgehead atoms. The smallest absolute Gasteiger partial charge is 0.253 e. The summed E-state index contributed by atoms with van der Waals surface area (Å²) in [6, 6.07) is 4.99. The Kier molecular flexibility index (Phi) is 5.77. The fourth-order valence-electron chi connectivity index (χ4n) is 1.12. The number of carbonyl (C=O) groups is 1. The van der Waals surface area contributed by atoms with Crippen molar-refractivity contribution in [3.8, 4) is 0 Å². The second-order valence-corrected chi connectivity index (χ2v) is 5.79. The summed E-state index contributed by atoms with van der Waals surface area (Å²) < 4.78 is 0. The number of rotatable bonds is 4. The van der Waals surface area contributed by atoms with Gasteiger partial charge in [0.1, 0.15) is 0 Å². The van der Waals surface area contributed by atoms with E-state index in [0.29, 0.717) is 21.2 Å². The summed E-state index contributed by atoms with van der Waals surface area (Å²) >= 11 is 18.6. The van der Waals surface area contributed by atoms with Gasteiger partial charge >= 0.3 is 0 Å². The van der Waals surface area contributed by atoms with Crippen LogP contribution >= 0.6 is 55.1 Å². The molecule has 1 aromatic rings. The van der Waals surface area contributed by atoms with Crippen LogP contribution in [0.1, 0.15) is 17.3 Å². The molecule has 0 radical (unpaired) electrons.